The van der Waals surface area contributed by atoms with Crippen molar-refractivity contribution < 1.29 is 14.3 Å². The lowest BCUT2D eigenvalue weighted by Gasteiger charge is -2.34. The molecule has 2 heterocycles. The number of rotatable bonds is 3. The fraction of sp³-hybridized carbons (Fsp3) is 0.600. The monoisotopic (exact) mass is 268 g/mol. The highest BCUT2D eigenvalue weighted by molar-refractivity contribution is 5.87. The van der Waals surface area contributed by atoms with Gasteiger partial charge >= 0.3 is 0 Å². The highest BCUT2D eigenvalue weighted by Crippen LogP contribution is 2.08. The van der Waals surface area contributed by atoms with E-state index in [1.165, 1.54) is 23.0 Å². The number of hydrogen-bond acceptors (Lipinski definition) is 6. The highest BCUT2D eigenvalue weighted by atomic mass is 16.5. The van der Waals surface area contributed by atoms with Crippen molar-refractivity contribution in [1.29, 1.82) is 0 Å². The van der Waals surface area contributed by atoms with Crippen molar-refractivity contribution in [3.8, 4) is 0 Å². The summed E-state index contributed by atoms with van der Waals surface area (Å²) in [6.45, 7) is 0.989. The van der Waals surface area contributed by atoms with Crippen LogP contribution in [-0.2, 0) is 20.9 Å². The Morgan fingerprint density at radius 1 is 1.63 bits per heavy atom. The molecule has 9 nitrogen and oxygen atoms in total. The van der Waals surface area contributed by atoms with Crippen LogP contribution in [0.4, 0.5) is 5.95 Å². The van der Waals surface area contributed by atoms with Crippen LogP contribution in [-0.4, -0.2) is 64.3 Å². The van der Waals surface area contributed by atoms with Gasteiger partial charge in [0.2, 0.25) is 17.8 Å². The summed E-state index contributed by atoms with van der Waals surface area (Å²) in [5, 5.41) is 6.36. The summed E-state index contributed by atoms with van der Waals surface area (Å²) in [5.41, 5.74) is 5.38. The minimum Gasteiger partial charge on any atom is -0.377 e. The summed E-state index contributed by atoms with van der Waals surface area (Å²) in [6.07, 6.45) is 1.38. The predicted octanol–water partition coefficient (Wildman–Crippen LogP) is -2.17. The van der Waals surface area contributed by atoms with E-state index in [-0.39, 0.29) is 30.9 Å². The third-order valence-corrected chi connectivity index (χ3v) is 2.85. The van der Waals surface area contributed by atoms with Gasteiger partial charge in [0.05, 0.1) is 13.2 Å². The van der Waals surface area contributed by atoms with Crippen molar-refractivity contribution in [1.82, 2.24) is 25.0 Å². The zero-order valence-corrected chi connectivity index (χ0v) is 10.6. The molecule has 104 valence electrons. The first-order valence-corrected chi connectivity index (χ1v) is 5.85. The Morgan fingerprint density at radius 2 is 2.42 bits per heavy atom. The normalized spacial score (nSPS) is 19.2. The number of ether oxygens (including phenoxy) is 1. The van der Waals surface area contributed by atoms with E-state index in [2.05, 4.69) is 15.4 Å². The summed E-state index contributed by atoms with van der Waals surface area (Å²) < 4.78 is 6.57. The van der Waals surface area contributed by atoms with E-state index in [1.54, 1.807) is 0 Å². The lowest BCUT2D eigenvalue weighted by Crippen LogP contribution is -2.56. The van der Waals surface area contributed by atoms with Crippen molar-refractivity contribution in [2.45, 2.75) is 12.6 Å². The average Bonchev–Trinajstić information content (AvgIpc) is 2.83. The Bertz CT molecular complexity index is 474. The molecule has 0 saturated carbocycles. The smallest absolute Gasteiger partial charge is 0.245 e. The Balaban J connectivity index is 2.05. The van der Waals surface area contributed by atoms with Crippen LogP contribution in [0.5, 0.6) is 0 Å². The zero-order valence-electron chi connectivity index (χ0n) is 10.6. The number of nitrogens with two attached hydrogens (primary N) is 1. The summed E-state index contributed by atoms with van der Waals surface area (Å²) in [6, 6.07) is -0.605. The second kappa shape index (κ2) is 5.65. The van der Waals surface area contributed by atoms with E-state index in [9.17, 15) is 9.59 Å². The van der Waals surface area contributed by atoms with Gasteiger partial charge in [-0.15, -0.1) is 5.10 Å². The third kappa shape index (κ3) is 2.99. The van der Waals surface area contributed by atoms with E-state index in [4.69, 9.17) is 10.5 Å². The Labute approximate surface area is 109 Å². The van der Waals surface area contributed by atoms with Gasteiger partial charge in [-0.3, -0.25) is 9.59 Å². The lowest BCUT2D eigenvalue weighted by molar-refractivity contribution is -0.148. The number of nitrogens with zero attached hydrogens (tertiary/aromatic N) is 4. The number of likely N-dealkylation sites (N-methyl/N-ethyl adjacent to an activating group) is 1. The minimum absolute atomic E-state index is 0.00229. The molecule has 2 amide bonds. The molecule has 1 aromatic heterocycles. The maximum absolute atomic E-state index is 12.2. The van der Waals surface area contributed by atoms with E-state index < -0.39 is 6.04 Å². The second-order valence-electron chi connectivity index (χ2n) is 4.09. The van der Waals surface area contributed by atoms with Gasteiger partial charge < -0.3 is 20.7 Å². The largest absolute Gasteiger partial charge is 0.377 e. The van der Waals surface area contributed by atoms with Gasteiger partial charge in [0.25, 0.3) is 0 Å². The summed E-state index contributed by atoms with van der Waals surface area (Å²) in [4.78, 5) is 29.1. The number of nitrogens with one attached hydrogen (secondary N) is 1. The average molecular weight is 268 g/mol. The highest BCUT2D eigenvalue weighted by Gasteiger charge is 2.32. The third-order valence-electron chi connectivity index (χ3n) is 2.85. The van der Waals surface area contributed by atoms with E-state index >= 15 is 0 Å². The van der Waals surface area contributed by atoms with Crippen LogP contribution in [0.15, 0.2) is 6.33 Å². The molecule has 1 atom stereocenters. The van der Waals surface area contributed by atoms with Crippen molar-refractivity contribution in [3.05, 3.63) is 6.33 Å². The van der Waals surface area contributed by atoms with Gasteiger partial charge in [-0.2, -0.15) is 0 Å². The number of nitrogen functional groups attached to an aromatic ring is 1. The topological polar surface area (TPSA) is 115 Å². The van der Waals surface area contributed by atoms with Crippen LogP contribution in [0.3, 0.4) is 0 Å². The first-order valence-electron chi connectivity index (χ1n) is 5.85. The van der Waals surface area contributed by atoms with Crippen molar-refractivity contribution in [3.63, 3.8) is 0 Å². The molecule has 1 aromatic rings. The van der Waals surface area contributed by atoms with Crippen LogP contribution in [0.2, 0.25) is 0 Å². The van der Waals surface area contributed by atoms with Gasteiger partial charge in [-0.05, 0) is 0 Å². The van der Waals surface area contributed by atoms with Crippen LogP contribution in [0.1, 0.15) is 0 Å². The van der Waals surface area contributed by atoms with Gasteiger partial charge in [0.1, 0.15) is 18.9 Å². The summed E-state index contributed by atoms with van der Waals surface area (Å²) >= 11 is 0. The van der Waals surface area contributed by atoms with E-state index in [0.717, 1.165) is 0 Å². The molecular formula is C10H16N6O3. The lowest BCUT2D eigenvalue weighted by atomic mass is 10.2. The number of hydrogen-bond donors (Lipinski definition) is 2. The molecule has 1 aliphatic heterocycles. The molecule has 0 bridgehead atoms. The molecule has 9 heteroatoms. The fourth-order valence-corrected chi connectivity index (χ4v) is 1.90. The number of carbonyl (C=O) groups is 2. The van der Waals surface area contributed by atoms with Crippen LogP contribution < -0.4 is 11.1 Å². The molecule has 0 radical (unpaired) electrons. The van der Waals surface area contributed by atoms with Crippen LogP contribution in [0, 0.1) is 0 Å². The van der Waals surface area contributed by atoms with Gasteiger partial charge in [0.15, 0.2) is 0 Å². The number of morpholine rings is 1. The maximum Gasteiger partial charge on any atom is 0.245 e. The fourth-order valence-electron chi connectivity index (χ4n) is 1.90. The molecule has 0 aromatic carbocycles. The summed E-state index contributed by atoms with van der Waals surface area (Å²) in [5.74, 6) is -0.356. The van der Waals surface area contributed by atoms with Gasteiger partial charge in [-0.25, -0.2) is 9.67 Å². The minimum atomic E-state index is -0.605. The molecule has 1 fully saturated rings. The SMILES string of the molecule is CNC(=O)C1COCCN1C(=O)Cn1cnc(N)n1. The molecular weight excluding hydrogens is 252 g/mol. The molecule has 2 rings (SSSR count). The number of amides is 2. The maximum atomic E-state index is 12.2. The van der Waals surface area contributed by atoms with Crippen molar-refractivity contribution in [2.24, 2.45) is 0 Å². The van der Waals surface area contributed by atoms with E-state index in [0.29, 0.717) is 13.2 Å². The van der Waals surface area contributed by atoms with Gasteiger partial charge in [-0.1, -0.05) is 0 Å². The molecule has 0 spiro atoms. The summed E-state index contributed by atoms with van der Waals surface area (Å²) in [7, 11) is 1.53. The van der Waals surface area contributed by atoms with Gasteiger partial charge in [0, 0.05) is 13.6 Å². The quantitative estimate of drug-likeness (QED) is 0.645. The molecule has 1 saturated heterocycles. The first-order chi connectivity index (χ1) is 9.11. The Morgan fingerprint density at radius 3 is 3.05 bits per heavy atom. The standard InChI is InChI=1S/C10H16N6O3/c1-12-9(18)7-5-19-3-2-16(7)8(17)4-15-6-13-10(11)14-15/h6-7H,2-5H2,1H3,(H2,11,14)(H,12,18). The zero-order chi connectivity index (χ0) is 13.8. The van der Waals surface area contributed by atoms with Crippen LogP contribution >= 0.6 is 0 Å². The Hall–Kier alpha value is -2.16. The second-order valence-corrected chi connectivity index (χ2v) is 4.09. The number of aromatic nitrogens is 3. The molecule has 19 heavy (non-hydrogen) atoms. The molecule has 1 aliphatic rings. The van der Waals surface area contributed by atoms with Crippen molar-refractivity contribution in [2.75, 3.05) is 32.5 Å². The number of anilines is 1. The Kier molecular flexibility index (Phi) is 3.95. The first kappa shape index (κ1) is 13.3. The van der Waals surface area contributed by atoms with Crippen molar-refractivity contribution >= 4 is 17.8 Å². The molecule has 3 N–H and O–H groups in total. The number of carbonyl (C=O) groups excluding carboxylic acids is 2. The molecule has 0 aliphatic carbocycles. The van der Waals surface area contributed by atoms with Crippen LogP contribution in [0.25, 0.3) is 0 Å². The predicted molar refractivity (Wildman–Crippen MR) is 64.8 cm³/mol. The van der Waals surface area contributed by atoms with E-state index in [1.807, 2.05) is 0 Å². The molecule has 1 unspecified atom stereocenters.